The lowest BCUT2D eigenvalue weighted by molar-refractivity contribution is -0.112. The highest BCUT2D eigenvalue weighted by molar-refractivity contribution is 6.29. The Morgan fingerprint density at radius 2 is 1.92 bits per heavy atom. The molecule has 0 aliphatic carbocycles. The Balaban J connectivity index is 2.85. The first-order valence-corrected chi connectivity index (χ1v) is 3.59. The molecular weight excluding hydrogens is 178 g/mol. The van der Waals surface area contributed by atoms with Gasteiger partial charge in [-0.15, -0.1) is 0 Å². The summed E-state index contributed by atoms with van der Waals surface area (Å²) < 4.78 is 0.481. The van der Waals surface area contributed by atoms with Gasteiger partial charge in [0.2, 0.25) is 6.41 Å². The van der Waals surface area contributed by atoms with Crippen molar-refractivity contribution in [3.63, 3.8) is 0 Å². The van der Waals surface area contributed by atoms with Crippen molar-refractivity contribution in [2.75, 3.05) is 0 Å². The maximum absolute atomic E-state index is 11.1. The number of benzene rings is 1. The summed E-state index contributed by atoms with van der Waals surface area (Å²) in [6.07, 6.45) is 0.261. The van der Waals surface area contributed by atoms with Crippen LogP contribution >= 0.6 is 11.8 Å². The minimum absolute atomic E-state index is 0.261. The first kappa shape index (κ1) is 8.74. The molecule has 0 saturated heterocycles. The highest BCUT2D eigenvalue weighted by atomic mass is 35.5. The summed E-state index contributed by atoms with van der Waals surface area (Å²) in [5.41, 5.74) is 0.389. The quantitative estimate of drug-likeness (QED) is 0.514. The zero-order valence-electron chi connectivity index (χ0n) is 6.11. The maximum Gasteiger partial charge on any atom is 0.275 e. The van der Waals surface area contributed by atoms with Crippen molar-refractivity contribution in [2.45, 2.75) is 0 Å². The van der Waals surface area contributed by atoms with E-state index < -0.39 is 5.91 Å². The van der Waals surface area contributed by atoms with Crippen molar-refractivity contribution in [2.24, 2.45) is 0 Å². The van der Waals surface area contributed by atoms with Gasteiger partial charge < -0.3 is 0 Å². The highest BCUT2D eigenvalue weighted by Gasteiger charge is 2.10. The van der Waals surface area contributed by atoms with Gasteiger partial charge in [0.15, 0.2) is 0 Å². The number of imide groups is 1. The molecule has 0 radical (unpaired) electrons. The molecule has 0 atom stereocenters. The number of hydrogen-bond donors (Lipinski definition) is 0. The third kappa shape index (κ3) is 1.83. The van der Waals surface area contributed by atoms with E-state index in [1.165, 1.54) is 0 Å². The molecule has 62 valence electrons. The van der Waals surface area contributed by atoms with Gasteiger partial charge in [0.25, 0.3) is 5.91 Å². The molecule has 4 heteroatoms. The normalized spacial score (nSPS) is 9.08. The lowest BCUT2D eigenvalue weighted by Crippen LogP contribution is -2.19. The molecule has 0 saturated carbocycles. The summed E-state index contributed by atoms with van der Waals surface area (Å²) in [4.78, 5) is 21.2. The van der Waals surface area contributed by atoms with Crippen molar-refractivity contribution < 1.29 is 9.59 Å². The van der Waals surface area contributed by atoms with Crippen LogP contribution in [0.4, 0.5) is 0 Å². The predicted molar refractivity (Wildman–Crippen MR) is 44.5 cm³/mol. The number of nitrogens with zero attached hydrogens (tertiary/aromatic N) is 1. The molecule has 0 spiro atoms. The summed E-state index contributed by atoms with van der Waals surface area (Å²) in [7, 11) is 0. The lowest BCUT2D eigenvalue weighted by Gasteiger charge is -2.03. The second kappa shape index (κ2) is 3.88. The maximum atomic E-state index is 11.1. The van der Waals surface area contributed by atoms with Crippen LogP contribution in [0, 0.1) is 0 Å². The molecule has 0 N–H and O–H groups in total. The largest absolute Gasteiger partial charge is 0.277 e. The van der Waals surface area contributed by atoms with Crippen LogP contribution in [0.15, 0.2) is 30.3 Å². The standard InChI is InChI=1S/C8H6ClNO2/c9-10(6-11)8(12)7-4-2-1-3-5-7/h1-6H. The molecule has 0 fully saturated rings. The van der Waals surface area contributed by atoms with Gasteiger partial charge in [-0.3, -0.25) is 9.59 Å². The van der Waals surface area contributed by atoms with E-state index in [9.17, 15) is 9.59 Å². The Bertz CT molecular complexity index is 286. The van der Waals surface area contributed by atoms with Gasteiger partial charge in [-0.05, 0) is 12.1 Å². The van der Waals surface area contributed by atoms with E-state index in [-0.39, 0.29) is 6.41 Å². The van der Waals surface area contributed by atoms with E-state index in [0.29, 0.717) is 9.98 Å². The average molecular weight is 184 g/mol. The number of carbonyl (C=O) groups is 2. The molecule has 0 aromatic heterocycles. The molecule has 3 nitrogen and oxygen atoms in total. The number of amides is 2. The molecule has 1 rings (SSSR count). The molecule has 0 unspecified atom stereocenters. The van der Waals surface area contributed by atoms with E-state index >= 15 is 0 Å². The van der Waals surface area contributed by atoms with E-state index in [4.69, 9.17) is 11.8 Å². The first-order valence-electron chi connectivity index (χ1n) is 3.25. The Kier molecular flexibility index (Phi) is 2.82. The van der Waals surface area contributed by atoms with E-state index in [0.717, 1.165) is 0 Å². The van der Waals surface area contributed by atoms with Gasteiger partial charge in [-0.25, -0.2) is 0 Å². The third-order valence-electron chi connectivity index (χ3n) is 1.31. The molecule has 12 heavy (non-hydrogen) atoms. The van der Waals surface area contributed by atoms with Crippen molar-refractivity contribution in [3.8, 4) is 0 Å². The van der Waals surface area contributed by atoms with Crippen LogP contribution in [-0.4, -0.2) is 16.7 Å². The average Bonchev–Trinajstić information content (AvgIpc) is 2.17. The van der Waals surface area contributed by atoms with Gasteiger partial charge >= 0.3 is 0 Å². The van der Waals surface area contributed by atoms with Crippen LogP contribution in [0.3, 0.4) is 0 Å². The summed E-state index contributed by atoms with van der Waals surface area (Å²) in [5, 5.41) is 0. The summed E-state index contributed by atoms with van der Waals surface area (Å²) >= 11 is 5.27. The van der Waals surface area contributed by atoms with E-state index in [1.54, 1.807) is 30.3 Å². The summed E-state index contributed by atoms with van der Waals surface area (Å²) in [5.74, 6) is -0.521. The molecular formula is C8H6ClNO2. The van der Waals surface area contributed by atoms with Gasteiger partial charge in [-0.1, -0.05) is 18.2 Å². The van der Waals surface area contributed by atoms with Crippen molar-refractivity contribution in [1.29, 1.82) is 0 Å². The molecule has 0 bridgehead atoms. The second-order valence-corrected chi connectivity index (χ2v) is 2.45. The van der Waals surface area contributed by atoms with E-state index in [1.807, 2.05) is 0 Å². The van der Waals surface area contributed by atoms with Crippen molar-refractivity contribution >= 4 is 24.1 Å². The molecule has 2 amide bonds. The Morgan fingerprint density at radius 1 is 1.33 bits per heavy atom. The second-order valence-electron chi connectivity index (χ2n) is 2.09. The number of halogens is 1. The van der Waals surface area contributed by atoms with Crippen LogP contribution in [-0.2, 0) is 4.79 Å². The Morgan fingerprint density at radius 3 is 2.42 bits per heavy atom. The van der Waals surface area contributed by atoms with Crippen molar-refractivity contribution in [1.82, 2.24) is 4.42 Å². The summed E-state index contributed by atoms with van der Waals surface area (Å²) in [6.45, 7) is 0. The van der Waals surface area contributed by atoms with Gasteiger partial charge in [-0.2, -0.15) is 4.42 Å². The number of rotatable bonds is 2. The molecule has 1 aromatic carbocycles. The van der Waals surface area contributed by atoms with Crippen LogP contribution in [0.2, 0.25) is 0 Å². The number of hydrogen-bond acceptors (Lipinski definition) is 2. The molecule has 0 heterocycles. The van der Waals surface area contributed by atoms with Crippen LogP contribution < -0.4 is 0 Å². The zero-order chi connectivity index (χ0) is 8.97. The van der Waals surface area contributed by atoms with E-state index in [2.05, 4.69) is 0 Å². The van der Waals surface area contributed by atoms with Crippen LogP contribution in [0.5, 0.6) is 0 Å². The third-order valence-corrected chi connectivity index (χ3v) is 1.54. The minimum Gasteiger partial charge on any atom is -0.277 e. The van der Waals surface area contributed by atoms with Crippen LogP contribution in [0.25, 0.3) is 0 Å². The number of carbonyl (C=O) groups excluding carboxylic acids is 2. The predicted octanol–water partition coefficient (Wildman–Crippen LogP) is 1.44. The van der Waals surface area contributed by atoms with Crippen LogP contribution in [0.1, 0.15) is 10.4 Å². The highest BCUT2D eigenvalue weighted by Crippen LogP contribution is 2.04. The monoisotopic (exact) mass is 183 g/mol. The fraction of sp³-hybridized carbons (Fsp3) is 0. The Labute approximate surface area is 74.7 Å². The Hall–Kier alpha value is -1.35. The molecule has 1 aromatic rings. The topological polar surface area (TPSA) is 37.4 Å². The minimum atomic E-state index is -0.521. The molecule has 0 aliphatic heterocycles. The van der Waals surface area contributed by atoms with Gasteiger partial charge in [0, 0.05) is 17.3 Å². The van der Waals surface area contributed by atoms with Gasteiger partial charge in [0.05, 0.1) is 0 Å². The fourth-order valence-electron chi connectivity index (χ4n) is 0.752. The first-order chi connectivity index (χ1) is 5.75. The SMILES string of the molecule is O=CN(Cl)C(=O)c1ccccc1. The van der Waals surface area contributed by atoms with Crippen molar-refractivity contribution in [3.05, 3.63) is 35.9 Å². The zero-order valence-corrected chi connectivity index (χ0v) is 6.86. The fourth-order valence-corrected chi connectivity index (χ4v) is 0.850. The lowest BCUT2D eigenvalue weighted by atomic mass is 10.2. The smallest absolute Gasteiger partial charge is 0.275 e. The molecule has 0 aliphatic rings. The van der Waals surface area contributed by atoms with Gasteiger partial charge in [0.1, 0.15) is 0 Å². The summed E-state index contributed by atoms with van der Waals surface area (Å²) in [6, 6.07) is 8.34.